The fraction of sp³-hybridized carbons (Fsp3) is 0.500. The number of hydrogen-bond acceptors (Lipinski definition) is 4. The molecule has 0 unspecified atom stereocenters. The zero-order valence-electron chi connectivity index (χ0n) is 11.9. The smallest absolute Gasteiger partial charge is 0.238 e. The first-order valence-electron chi connectivity index (χ1n) is 6.50. The van der Waals surface area contributed by atoms with Crippen molar-refractivity contribution in [3.8, 4) is 5.75 Å². The third kappa shape index (κ3) is 6.79. The molecule has 1 amide bonds. The molecule has 5 nitrogen and oxygen atoms in total. The Morgan fingerprint density at radius 1 is 1.37 bits per heavy atom. The van der Waals surface area contributed by atoms with Gasteiger partial charge in [-0.15, -0.1) is 0 Å². The molecular formula is C14H23N3O2. The van der Waals surface area contributed by atoms with E-state index in [-0.39, 0.29) is 5.91 Å². The van der Waals surface area contributed by atoms with Crippen LogP contribution in [0.5, 0.6) is 5.75 Å². The topological polar surface area (TPSA) is 53.6 Å². The third-order valence-corrected chi connectivity index (χ3v) is 2.46. The summed E-state index contributed by atoms with van der Waals surface area (Å²) in [4.78, 5) is 13.6. The average molecular weight is 265 g/mol. The number of benzene rings is 1. The minimum Gasteiger partial charge on any atom is -0.492 e. The van der Waals surface area contributed by atoms with Gasteiger partial charge in [-0.3, -0.25) is 4.79 Å². The van der Waals surface area contributed by atoms with Crippen LogP contribution in [0.2, 0.25) is 0 Å². The van der Waals surface area contributed by atoms with Crippen molar-refractivity contribution in [2.24, 2.45) is 0 Å². The number of ether oxygens (including phenoxy) is 1. The Bertz CT molecular complexity index is 394. The van der Waals surface area contributed by atoms with Gasteiger partial charge in [-0.05, 0) is 32.8 Å². The van der Waals surface area contributed by atoms with E-state index in [0.717, 1.165) is 24.5 Å². The van der Waals surface area contributed by atoms with Crippen LogP contribution in [-0.4, -0.2) is 51.1 Å². The standard InChI is InChI=1S/C14H23N3O2/c1-4-15-11-14(18)16-12-6-5-7-13(10-12)19-9-8-17(2)3/h5-7,10,15H,4,8-9,11H2,1-3H3,(H,16,18). The van der Waals surface area contributed by atoms with Crippen molar-refractivity contribution in [2.45, 2.75) is 6.92 Å². The van der Waals surface area contributed by atoms with Crippen LogP contribution in [0.3, 0.4) is 0 Å². The minimum atomic E-state index is -0.0488. The first-order valence-corrected chi connectivity index (χ1v) is 6.50. The minimum absolute atomic E-state index is 0.0488. The van der Waals surface area contributed by atoms with Gasteiger partial charge in [0.25, 0.3) is 0 Å². The molecule has 0 saturated heterocycles. The number of rotatable bonds is 8. The molecule has 0 saturated carbocycles. The molecule has 0 fully saturated rings. The Morgan fingerprint density at radius 2 is 2.16 bits per heavy atom. The van der Waals surface area contributed by atoms with E-state index in [9.17, 15) is 4.79 Å². The molecule has 0 aliphatic carbocycles. The summed E-state index contributed by atoms with van der Waals surface area (Å²) in [5, 5.41) is 5.81. The first kappa shape index (κ1) is 15.5. The second-order valence-electron chi connectivity index (χ2n) is 4.51. The van der Waals surface area contributed by atoms with E-state index in [1.807, 2.05) is 45.3 Å². The number of amides is 1. The Morgan fingerprint density at radius 3 is 2.84 bits per heavy atom. The normalized spacial score (nSPS) is 10.5. The maximum Gasteiger partial charge on any atom is 0.238 e. The van der Waals surface area contributed by atoms with Crippen LogP contribution in [0.4, 0.5) is 5.69 Å². The van der Waals surface area contributed by atoms with E-state index in [1.165, 1.54) is 0 Å². The van der Waals surface area contributed by atoms with Crippen LogP contribution in [-0.2, 0) is 4.79 Å². The van der Waals surface area contributed by atoms with E-state index >= 15 is 0 Å². The van der Waals surface area contributed by atoms with E-state index in [0.29, 0.717) is 13.2 Å². The zero-order chi connectivity index (χ0) is 14.1. The summed E-state index contributed by atoms with van der Waals surface area (Å²) in [7, 11) is 4.00. The number of nitrogens with zero attached hydrogens (tertiary/aromatic N) is 1. The molecule has 19 heavy (non-hydrogen) atoms. The molecule has 1 aromatic rings. The number of likely N-dealkylation sites (N-methyl/N-ethyl adjacent to an activating group) is 2. The van der Waals surface area contributed by atoms with Crippen molar-refractivity contribution < 1.29 is 9.53 Å². The predicted octanol–water partition coefficient (Wildman–Crippen LogP) is 1.17. The lowest BCUT2D eigenvalue weighted by molar-refractivity contribution is -0.115. The summed E-state index contributed by atoms with van der Waals surface area (Å²) >= 11 is 0. The third-order valence-electron chi connectivity index (χ3n) is 2.46. The molecule has 0 aliphatic rings. The lowest BCUT2D eigenvalue weighted by atomic mass is 10.3. The van der Waals surface area contributed by atoms with Gasteiger partial charge in [-0.2, -0.15) is 0 Å². The number of anilines is 1. The predicted molar refractivity (Wildman–Crippen MR) is 77.7 cm³/mol. The SMILES string of the molecule is CCNCC(=O)Nc1cccc(OCCN(C)C)c1. The van der Waals surface area contributed by atoms with Crippen molar-refractivity contribution >= 4 is 11.6 Å². The lowest BCUT2D eigenvalue weighted by Gasteiger charge is -2.12. The van der Waals surface area contributed by atoms with Gasteiger partial charge in [-0.25, -0.2) is 0 Å². The molecule has 0 radical (unpaired) electrons. The Labute approximate surface area is 114 Å². The van der Waals surface area contributed by atoms with Crippen LogP contribution in [0.15, 0.2) is 24.3 Å². The summed E-state index contributed by atoms with van der Waals surface area (Å²) in [5.41, 5.74) is 0.755. The van der Waals surface area contributed by atoms with Gasteiger partial charge in [0.15, 0.2) is 0 Å². The summed E-state index contributed by atoms with van der Waals surface area (Å²) in [6, 6.07) is 7.44. The van der Waals surface area contributed by atoms with Crippen LogP contribution in [0, 0.1) is 0 Å². The average Bonchev–Trinajstić information content (AvgIpc) is 2.36. The quantitative estimate of drug-likeness (QED) is 0.741. The van der Waals surface area contributed by atoms with Crippen molar-refractivity contribution in [1.29, 1.82) is 0 Å². The highest BCUT2D eigenvalue weighted by molar-refractivity contribution is 5.92. The molecule has 1 aromatic carbocycles. The molecule has 0 atom stereocenters. The van der Waals surface area contributed by atoms with Gasteiger partial charge >= 0.3 is 0 Å². The molecule has 2 N–H and O–H groups in total. The van der Waals surface area contributed by atoms with Gasteiger partial charge in [0, 0.05) is 18.3 Å². The molecule has 0 aromatic heterocycles. The number of hydrogen-bond donors (Lipinski definition) is 2. The molecule has 0 bridgehead atoms. The second kappa shape index (κ2) is 8.50. The van der Waals surface area contributed by atoms with Crippen LogP contribution >= 0.6 is 0 Å². The monoisotopic (exact) mass is 265 g/mol. The fourth-order valence-corrected chi connectivity index (χ4v) is 1.45. The van der Waals surface area contributed by atoms with Gasteiger partial charge in [-0.1, -0.05) is 13.0 Å². The maximum atomic E-state index is 11.6. The molecule has 106 valence electrons. The van der Waals surface area contributed by atoms with Gasteiger partial charge in [0.05, 0.1) is 6.54 Å². The van der Waals surface area contributed by atoms with Gasteiger partial charge in [0.2, 0.25) is 5.91 Å². The van der Waals surface area contributed by atoms with E-state index in [2.05, 4.69) is 15.5 Å². The summed E-state index contributed by atoms with van der Waals surface area (Å²) in [5.74, 6) is 0.718. The highest BCUT2D eigenvalue weighted by Crippen LogP contribution is 2.17. The maximum absolute atomic E-state index is 11.6. The molecule has 1 rings (SSSR count). The van der Waals surface area contributed by atoms with Crippen molar-refractivity contribution in [3.63, 3.8) is 0 Å². The fourth-order valence-electron chi connectivity index (χ4n) is 1.45. The molecule has 0 spiro atoms. The van der Waals surface area contributed by atoms with Gasteiger partial charge in [0.1, 0.15) is 12.4 Å². The molecule has 0 heterocycles. The number of carbonyl (C=O) groups is 1. The number of carbonyl (C=O) groups excluding carboxylic acids is 1. The first-order chi connectivity index (χ1) is 9.11. The van der Waals surface area contributed by atoms with Crippen LogP contribution in [0.25, 0.3) is 0 Å². The Balaban J connectivity index is 2.45. The van der Waals surface area contributed by atoms with E-state index < -0.39 is 0 Å². The molecular weight excluding hydrogens is 242 g/mol. The highest BCUT2D eigenvalue weighted by Gasteiger charge is 2.02. The van der Waals surface area contributed by atoms with Crippen LogP contribution in [0.1, 0.15) is 6.92 Å². The Kier molecular flexibility index (Phi) is 6.92. The van der Waals surface area contributed by atoms with Crippen molar-refractivity contribution in [3.05, 3.63) is 24.3 Å². The van der Waals surface area contributed by atoms with Crippen molar-refractivity contribution in [2.75, 3.05) is 45.7 Å². The summed E-state index contributed by atoms with van der Waals surface area (Å²) in [6.07, 6.45) is 0. The highest BCUT2D eigenvalue weighted by atomic mass is 16.5. The second-order valence-corrected chi connectivity index (χ2v) is 4.51. The largest absolute Gasteiger partial charge is 0.492 e. The lowest BCUT2D eigenvalue weighted by Crippen LogP contribution is -2.27. The number of nitrogens with one attached hydrogen (secondary N) is 2. The Hall–Kier alpha value is -1.59. The van der Waals surface area contributed by atoms with Gasteiger partial charge < -0.3 is 20.3 Å². The summed E-state index contributed by atoms with van der Waals surface area (Å²) < 4.78 is 5.61. The van der Waals surface area contributed by atoms with E-state index in [1.54, 1.807) is 0 Å². The molecule has 5 heteroatoms. The summed E-state index contributed by atoms with van der Waals surface area (Å²) in [6.45, 7) is 4.55. The van der Waals surface area contributed by atoms with Crippen molar-refractivity contribution in [1.82, 2.24) is 10.2 Å². The molecule has 0 aliphatic heterocycles. The van der Waals surface area contributed by atoms with E-state index in [4.69, 9.17) is 4.74 Å². The van der Waals surface area contributed by atoms with Crippen LogP contribution < -0.4 is 15.4 Å². The zero-order valence-corrected chi connectivity index (χ0v) is 11.9.